The molecule has 0 aromatic carbocycles. The molecule has 1 N–H and O–H groups in total. The minimum Gasteiger partial charge on any atom is -0.431 e. The van der Waals surface area contributed by atoms with Gasteiger partial charge in [-0.2, -0.15) is 17.2 Å². The first-order valence-corrected chi connectivity index (χ1v) is 17.3. The van der Waals surface area contributed by atoms with Crippen LogP contribution < -0.4 is 0 Å². The lowest BCUT2D eigenvalue weighted by Crippen LogP contribution is -2.54. The maximum Gasteiger partial charge on any atom is 0.508 e. The summed E-state index contributed by atoms with van der Waals surface area (Å²) in [6.07, 6.45) is 8.48. The quantitative estimate of drug-likeness (QED) is 0.198. The molecule has 0 aromatic heterocycles. The Morgan fingerprint density at radius 2 is 1.63 bits per heavy atom. The molecule has 0 amide bonds. The van der Waals surface area contributed by atoms with Gasteiger partial charge in [-0.1, -0.05) is 53.9 Å². The Balaban J connectivity index is 1.32. The number of fused-ring (bicyclic) bond motifs is 5. The summed E-state index contributed by atoms with van der Waals surface area (Å²) in [6, 6.07) is 0. The summed E-state index contributed by atoms with van der Waals surface area (Å²) in [5.41, 5.74) is 0.586. The van der Waals surface area contributed by atoms with Gasteiger partial charge in [-0.15, -0.1) is 0 Å². The van der Waals surface area contributed by atoms with E-state index in [4.69, 9.17) is 9.29 Å². The first-order valence-electron chi connectivity index (χ1n) is 15.8. The highest BCUT2D eigenvalue weighted by Gasteiger charge is 2.61. The lowest BCUT2D eigenvalue weighted by atomic mass is 9.44. The highest BCUT2D eigenvalue weighted by Crippen LogP contribution is 2.68. The number of rotatable bonds is 10. The minimum absolute atomic E-state index is 0.163. The molecule has 41 heavy (non-hydrogen) atoms. The van der Waals surface area contributed by atoms with Crippen LogP contribution in [0.2, 0.25) is 0 Å². The van der Waals surface area contributed by atoms with Crippen LogP contribution in [0.4, 0.5) is 18.0 Å². The van der Waals surface area contributed by atoms with Gasteiger partial charge >= 0.3 is 21.5 Å². The molecule has 10 atom stereocenters. The van der Waals surface area contributed by atoms with Gasteiger partial charge in [0.15, 0.2) is 0 Å². The molecule has 2 unspecified atom stereocenters. The average molecular weight is 609 g/mol. The van der Waals surface area contributed by atoms with Gasteiger partial charge in [0.05, 0.1) is 0 Å². The fourth-order valence-electron chi connectivity index (χ4n) is 9.92. The Kier molecular flexibility index (Phi) is 9.75. The molecule has 0 radical (unpaired) electrons. The lowest BCUT2D eigenvalue weighted by molar-refractivity contribution is -0.133. The summed E-state index contributed by atoms with van der Waals surface area (Å²) in [5, 5.41) is -5.07. The molecule has 0 aliphatic heterocycles. The Hall–Kier alpha value is -1.03. The van der Waals surface area contributed by atoms with E-state index in [1.54, 1.807) is 0 Å². The van der Waals surface area contributed by atoms with Crippen LogP contribution in [0.5, 0.6) is 0 Å². The van der Waals surface area contributed by atoms with Crippen molar-refractivity contribution in [2.24, 2.45) is 52.3 Å². The van der Waals surface area contributed by atoms with Gasteiger partial charge in [0.2, 0.25) is 6.17 Å². The standard InChI is InChI=1S/C31H51F3O6S/c1-19(2)7-6-8-20(3)24-11-12-25-23-10-9-21-17-22(13-15-29(21,4)26(23)14-16-30(24,25)5)40-28(35)39-18-27(32)31(33,34)41(36,37)38/h19-27H,6-18H2,1-5H3,(H,36,37,38)/t20-,21?,22+,23+,24-,25+,26+,27?,29+,30-/m1/s1. The van der Waals surface area contributed by atoms with Gasteiger partial charge in [-0.25, -0.2) is 9.18 Å². The fourth-order valence-corrected chi connectivity index (χ4v) is 10.3. The third-order valence-electron chi connectivity index (χ3n) is 12.1. The van der Waals surface area contributed by atoms with Crippen molar-refractivity contribution in [2.45, 2.75) is 129 Å². The van der Waals surface area contributed by atoms with E-state index in [0.29, 0.717) is 30.1 Å². The minimum atomic E-state index is -5.97. The van der Waals surface area contributed by atoms with E-state index >= 15 is 0 Å². The largest absolute Gasteiger partial charge is 0.508 e. The first-order chi connectivity index (χ1) is 19.0. The van der Waals surface area contributed by atoms with Gasteiger partial charge < -0.3 is 9.47 Å². The summed E-state index contributed by atoms with van der Waals surface area (Å²) in [5.74, 6) is 4.88. The average Bonchev–Trinajstić information content (AvgIpc) is 3.23. The summed E-state index contributed by atoms with van der Waals surface area (Å²) >= 11 is 0. The third kappa shape index (κ3) is 6.44. The molecule has 0 aromatic rings. The summed E-state index contributed by atoms with van der Waals surface area (Å²) in [6.45, 7) is 10.6. The number of carbonyl (C=O) groups excluding carboxylic acids is 1. The van der Waals surface area contributed by atoms with E-state index in [1.807, 2.05) is 0 Å². The van der Waals surface area contributed by atoms with Crippen molar-refractivity contribution < 1.29 is 40.4 Å². The van der Waals surface area contributed by atoms with Crippen molar-refractivity contribution >= 4 is 16.3 Å². The zero-order valence-electron chi connectivity index (χ0n) is 25.4. The number of hydrogen-bond donors (Lipinski definition) is 1. The van der Waals surface area contributed by atoms with Crippen molar-refractivity contribution in [3.05, 3.63) is 0 Å². The number of hydrogen-bond acceptors (Lipinski definition) is 5. The highest BCUT2D eigenvalue weighted by molar-refractivity contribution is 7.86. The Bertz CT molecular complexity index is 1040. The molecule has 4 saturated carbocycles. The topological polar surface area (TPSA) is 89.9 Å². The molecule has 0 saturated heterocycles. The van der Waals surface area contributed by atoms with E-state index < -0.39 is 40.4 Å². The molecule has 4 fully saturated rings. The van der Waals surface area contributed by atoms with E-state index in [1.165, 1.54) is 51.4 Å². The third-order valence-corrected chi connectivity index (χ3v) is 13.1. The number of alkyl halides is 3. The Morgan fingerprint density at radius 3 is 2.29 bits per heavy atom. The normalized spacial score (nSPS) is 38.9. The lowest BCUT2D eigenvalue weighted by Gasteiger charge is -2.61. The molecular weight excluding hydrogens is 557 g/mol. The van der Waals surface area contributed by atoms with Crippen LogP contribution in [0.1, 0.15) is 112 Å². The van der Waals surface area contributed by atoms with E-state index in [-0.39, 0.29) is 5.41 Å². The second kappa shape index (κ2) is 12.2. The fraction of sp³-hybridized carbons (Fsp3) is 0.968. The highest BCUT2D eigenvalue weighted by atomic mass is 32.2. The molecule has 0 spiro atoms. The van der Waals surface area contributed by atoms with E-state index in [9.17, 15) is 26.4 Å². The van der Waals surface area contributed by atoms with Crippen molar-refractivity contribution in [3.63, 3.8) is 0 Å². The van der Waals surface area contributed by atoms with Crippen LogP contribution >= 0.6 is 0 Å². The smallest absolute Gasteiger partial charge is 0.431 e. The summed E-state index contributed by atoms with van der Waals surface area (Å²) < 4.78 is 80.2. The van der Waals surface area contributed by atoms with Gasteiger partial charge in [0.25, 0.3) is 0 Å². The second-order valence-electron chi connectivity index (χ2n) is 14.8. The van der Waals surface area contributed by atoms with E-state index in [2.05, 4.69) is 39.4 Å². The molecular formula is C31H51F3O6S. The van der Waals surface area contributed by atoms with Crippen molar-refractivity contribution in [1.29, 1.82) is 0 Å². The number of carbonyl (C=O) groups is 1. The van der Waals surface area contributed by atoms with Crippen molar-refractivity contribution in [2.75, 3.05) is 6.61 Å². The van der Waals surface area contributed by atoms with Crippen LogP contribution in [-0.4, -0.2) is 43.3 Å². The maximum absolute atomic E-state index is 13.7. The molecule has 238 valence electrons. The van der Waals surface area contributed by atoms with Gasteiger partial charge in [0, 0.05) is 0 Å². The molecule has 10 heteroatoms. The Morgan fingerprint density at radius 1 is 0.976 bits per heavy atom. The van der Waals surface area contributed by atoms with Crippen LogP contribution in [0.3, 0.4) is 0 Å². The summed E-state index contributed by atoms with van der Waals surface area (Å²) in [4.78, 5) is 12.1. The second-order valence-corrected chi connectivity index (χ2v) is 16.3. The van der Waals surface area contributed by atoms with Gasteiger partial charge in [-0.05, 0) is 110 Å². The van der Waals surface area contributed by atoms with E-state index in [0.717, 1.165) is 42.4 Å². The zero-order valence-corrected chi connectivity index (χ0v) is 26.2. The van der Waals surface area contributed by atoms with Gasteiger partial charge in [0.1, 0.15) is 12.7 Å². The maximum atomic E-state index is 13.7. The van der Waals surface area contributed by atoms with Crippen LogP contribution in [0, 0.1) is 52.3 Å². The first kappa shape index (κ1) is 32.9. The molecule has 4 aliphatic rings. The predicted molar refractivity (Wildman–Crippen MR) is 151 cm³/mol. The monoisotopic (exact) mass is 608 g/mol. The van der Waals surface area contributed by atoms with Crippen LogP contribution in [0.15, 0.2) is 0 Å². The number of ether oxygens (including phenoxy) is 2. The van der Waals surface area contributed by atoms with Gasteiger partial charge in [-0.3, -0.25) is 4.55 Å². The molecule has 0 bridgehead atoms. The predicted octanol–water partition coefficient (Wildman–Crippen LogP) is 8.45. The molecule has 0 heterocycles. The molecule has 4 rings (SSSR count). The molecule has 6 nitrogen and oxygen atoms in total. The van der Waals surface area contributed by atoms with Crippen molar-refractivity contribution in [1.82, 2.24) is 0 Å². The van der Waals surface area contributed by atoms with Crippen LogP contribution in [0.25, 0.3) is 0 Å². The Labute approximate surface area is 244 Å². The van der Waals surface area contributed by atoms with Crippen molar-refractivity contribution in [3.8, 4) is 0 Å². The SMILES string of the molecule is CC(C)CCC[C@@H](C)[C@H]1CC[C@H]2[C@@H]3CCC4C[C@@H](OC(=O)OCC(F)C(F)(F)S(=O)(=O)O)CC[C@]4(C)[C@H]3CC[C@]12C. The van der Waals surface area contributed by atoms with Crippen LogP contribution in [-0.2, 0) is 19.6 Å². The zero-order chi connectivity index (χ0) is 30.4. The molecule has 4 aliphatic carbocycles. The summed E-state index contributed by atoms with van der Waals surface area (Å²) in [7, 11) is -5.97. The number of halogens is 3.